The van der Waals surface area contributed by atoms with E-state index in [-0.39, 0.29) is 6.04 Å². The van der Waals surface area contributed by atoms with Gasteiger partial charge in [0.15, 0.2) is 0 Å². The second kappa shape index (κ2) is 10.8. The van der Waals surface area contributed by atoms with Gasteiger partial charge in [-0.05, 0) is 56.5 Å². The first-order chi connectivity index (χ1) is 13.9. The van der Waals surface area contributed by atoms with E-state index >= 15 is 0 Å². The van der Waals surface area contributed by atoms with Crippen LogP contribution in [0.1, 0.15) is 52.9 Å². The molecule has 0 N–H and O–H groups in total. The van der Waals surface area contributed by atoms with Gasteiger partial charge in [0.1, 0.15) is 0 Å². The molecule has 1 aliphatic heterocycles. The number of nitrogens with zero attached hydrogens (tertiary/aromatic N) is 2. The molecule has 154 valence electrons. The molecule has 0 bridgehead atoms. The third-order valence-electron chi connectivity index (χ3n) is 5.82. The van der Waals surface area contributed by atoms with Crippen LogP contribution in [0.3, 0.4) is 0 Å². The lowest BCUT2D eigenvalue weighted by Gasteiger charge is -2.30. The van der Waals surface area contributed by atoms with Gasteiger partial charge in [-0.2, -0.15) is 0 Å². The minimum atomic E-state index is 0.208. The highest BCUT2D eigenvalue weighted by molar-refractivity contribution is 5.55. The third-order valence-corrected chi connectivity index (χ3v) is 5.82. The summed E-state index contributed by atoms with van der Waals surface area (Å²) >= 11 is 0. The van der Waals surface area contributed by atoms with E-state index in [0.29, 0.717) is 0 Å². The Hall–Kier alpha value is -2.61. The average Bonchev–Trinajstić information content (AvgIpc) is 3.13. The number of hydrogen-bond acceptors (Lipinski definition) is 2. The highest BCUT2D eigenvalue weighted by Crippen LogP contribution is 2.39. The van der Waals surface area contributed by atoms with Crippen LogP contribution >= 0.6 is 0 Å². The van der Waals surface area contributed by atoms with Crippen LogP contribution < -0.4 is 0 Å². The van der Waals surface area contributed by atoms with E-state index in [1.165, 1.54) is 11.1 Å². The van der Waals surface area contributed by atoms with Crippen molar-refractivity contribution in [2.75, 3.05) is 6.54 Å². The summed E-state index contributed by atoms with van der Waals surface area (Å²) in [6, 6.07) is 0.208. The van der Waals surface area contributed by atoms with E-state index in [9.17, 15) is 0 Å². The lowest BCUT2D eigenvalue weighted by molar-refractivity contribution is 0.317. The van der Waals surface area contributed by atoms with Gasteiger partial charge in [-0.25, -0.2) is 0 Å². The van der Waals surface area contributed by atoms with Gasteiger partial charge >= 0.3 is 0 Å². The van der Waals surface area contributed by atoms with Crippen molar-refractivity contribution >= 4 is 6.72 Å². The molecule has 2 heteroatoms. The van der Waals surface area contributed by atoms with Crippen LogP contribution in [0, 0.1) is 0 Å². The van der Waals surface area contributed by atoms with Crippen LogP contribution in [0.25, 0.3) is 0 Å². The fourth-order valence-electron chi connectivity index (χ4n) is 3.83. The zero-order valence-electron chi connectivity index (χ0n) is 18.5. The maximum atomic E-state index is 4.49. The zero-order valence-corrected chi connectivity index (χ0v) is 18.5. The first kappa shape index (κ1) is 22.7. The van der Waals surface area contributed by atoms with E-state index in [4.69, 9.17) is 0 Å². The van der Waals surface area contributed by atoms with E-state index in [2.05, 4.69) is 87.5 Å². The fourth-order valence-corrected chi connectivity index (χ4v) is 3.83. The van der Waals surface area contributed by atoms with Gasteiger partial charge in [0, 0.05) is 17.8 Å². The molecule has 0 fully saturated rings. The number of rotatable bonds is 10. The minimum Gasteiger partial charge on any atom is -0.359 e. The summed E-state index contributed by atoms with van der Waals surface area (Å²) in [6.07, 6.45) is 18.1. The lowest BCUT2D eigenvalue weighted by atomic mass is 9.92. The number of aliphatic imine (C=N–C) groups is 1. The van der Waals surface area contributed by atoms with Crippen molar-refractivity contribution in [3.8, 4) is 0 Å². The molecule has 1 aliphatic carbocycles. The third kappa shape index (κ3) is 5.47. The van der Waals surface area contributed by atoms with Gasteiger partial charge in [0.05, 0.1) is 11.7 Å². The molecular weight excluding hydrogens is 352 g/mol. The smallest absolute Gasteiger partial charge is 0.0720 e. The van der Waals surface area contributed by atoms with E-state index in [1.807, 2.05) is 6.08 Å². The predicted octanol–water partition coefficient (Wildman–Crippen LogP) is 7.24. The Morgan fingerprint density at radius 3 is 2.62 bits per heavy atom. The number of unbranched alkanes of at least 4 members (excludes halogenated alkanes) is 1. The monoisotopic (exact) mass is 388 g/mol. The van der Waals surface area contributed by atoms with E-state index < -0.39 is 0 Å². The summed E-state index contributed by atoms with van der Waals surface area (Å²) in [6.45, 7) is 23.8. The van der Waals surface area contributed by atoms with Crippen LogP contribution in [0.15, 0.2) is 100 Å². The SMILES string of the molecule is C=C/C(C)=C/C=C(\C)C(=C)N1CC(C(=C)C2=CC=CCC2)=C(N=C)C1CCCC. The van der Waals surface area contributed by atoms with Crippen molar-refractivity contribution in [3.05, 3.63) is 95.5 Å². The Labute approximate surface area is 177 Å². The molecule has 1 unspecified atom stereocenters. The summed E-state index contributed by atoms with van der Waals surface area (Å²) in [5.41, 5.74) is 8.04. The molecule has 2 rings (SSSR count). The normalized spacial score (nSPS) is 20.0. The molecule has 0 aromatic heterocycles. The van der Waals surface area contributed by atoms with Crippen molar-refractivity contribution in [3.63, 3.8) is 0 Å². The Morgan fingerprint density at radius 2 is 2.03 bits per heavy atom. The first-order valence-corrected chi connectivity index (χ1v) is 10.6. The molecule has 2 aliphatic rings. The second-order valence-corrected chi connectivity index (χ2v) is 7.86. The Kier molecular flexibility index (Phi) is 8.45. The first-order valence-electron chi connectivity index (χ1n) is 10.6. The fraction of sp³-hybridized carbons (Fsp3) is 0.370. The van der Waals surface area contributed by atoms with Crippen molar-refractivity contribution in [2.45, 2.75) is 58.9 Å². The van der Waals surface area contributed by atoms with Gasteiger partial charge < -0.3 is 4.90 Å². The van der Waals surface area contributed by atoms with E-state index in [1.54, 1.807) is 0 Å². The molecule has 0 amide bonds. The molecule has 0 aromatic rings. The van der Waals surface area contributed by atoms with Gasteiger partial charge in [0.25, 0.3) is 0 Å². The van der Waals surface area contributed by atoms with Crippen molar-refractivity contribution in [1.82, 2.24) is 4.90 Å². The quantitative estimate of drug-likeness (QED) is 0.284. The van der Waals surface area contributed by atoms with Gasteiger partial charge in [0.2, 0.25) is 0 Å². The second-order valence-electron chi connectivity index (χ2n) is 7.86. The molecule has 1 heterocycles. The molecule has 0 aromatic carbocycles. The summed E-state index contributed by atoms with van der Waals surface area (Å²) < 4.78 is 0. The van der Waals surface area contributed by atoms with Crippen LogP contribution in [0.4, 0.5) is 0 Å². The molecule has 0 spiro atoms. The molecule has 29 heavy (non-hydrogen) atoms. The lowest BCUT2D eigenvalue weighted by Crippen LogP contribution is -2.31. The standard InChI is InChI=1S/C27H36N2/c1-8-10-16-26-27(28-7)25(22(5)24-14-12-11-13-15-24)19-29(26)23(6)21(4)18-17-20(3)9-2/h9,11-12,14,17-18,26H,2,5-8,10,13,15-16,19H2,1,3-4H3/b20-17+,21-18+. The highest BCUT2D eigenvalue weighted by Gasteiger charge is 2.34. The summed E-state index contributed by atoms with van der Waals surface area (Å²) in [7, 11) is 0. The van der Waals surface area contributed by atoms with Crippen LogP contribution in [0.2, 0.25) is 0 Å². The summed E-state index contributed by atoms with van der Waals surface area (Å²) in [5.74, 6) is 0. The molecule has 2 nitrogen and oxygen atoms in total. The maximum absolute atomic E-state index is 4.49. The number of allylic oxidation sites excluding steroid dienone is 9. The molecule has 0 saturated carbocycles. The largest absolute Gasteiger partial charge is 0.359 e. The van der Waals surface area contributed by atoms with Gasteiger partial charge in [-0.1, -0.05) is 81.5 Å². The zero-order chi connectivity index (χ0) is 21.4. The van der Waals surface area contributed by atoms with Crippen molar-refractivity contribution in [1.29, 1.82) is 0 Å². The summed E-state index contributed by atoms with van der Waals surface area (Å²) in [4.78, 5) is 6.89. The van der Waals surface area contributed by atoms with Gasteiger partial charge in [-0.15, -0.1) is 0 Å². The van der Waals surface area contributed by atoms with E-state index in [0.717, 1.165) is 66.8 Å². The van der Waals surface area contributed by atoms with Crippen LogP contribution in [-0.4, -0.2) is 24.2 Å². The maximum Gasteiger partial charge on any atom is 0.0720 e. The number of hydrogen-bond donors (Lipinski definition) is 0. The molecule has 0 radical (unpaired) electrons. The highest BCUT2D eigenvalue weighted by atomic mass is 15.2. The topological polar surface area (TPSA) is 15.6 Å². The van der Waals surface area contributed by atoms with Crippen molar-refractivity contribution < 1.29 is 0 Å². The van der Waals surface area contributed by atoms with Crippen LogP contribution in [0.5, 0.6) is 0 Å². The van der Waals surface area contributed by atoms with Gasteiger partial charge in [-0.3, -0.25) is 4.99 Å². The molecular formula is C27H36N2. The van der Waals surface area contributed by atoms with Crippen LogP contribution in [-0.2, 0) is 0 Å². The Bertz CT molecular complexity index is 827. The average molecular weight is 389 g/mol. The van der Waals surface area contributed by atoms with Crippen molar-refractivity contribution in [2.24, 2.45) is 4.99 Å². The predicted molar refractivity (Wildman–Crippen MR) is 129 cm³/mol. The minimum absolute atomic E-state index is 0.208. The summed E-state index contributed by atoms with van der Waals surface area (Å²) in [5, 5.41) is 0. The molecule has 1 atom stereocenters. The molecule has 0 saturated heterocycles. The Balaban J connectivity index is 2.36. The Morgan fingerprint density at radius 1 is 1.28 bits per heavy atom.